The Labute approximate surface area is 116 Å². The highest BCUT2D eigenvalue weighted by Crippen LogP contribution is 2.24. The fourth-order valence-corrected chi connectivity index (χ4v) is 1.99. The number of hydrogen-bond donors (Lipinski definition) is 2. The zero-order chi connectivity index (χ0) is 15.3. The maximum Gasteiger partial charge on any atom is 0.317 e. The van der Waals surface area contributed by atoms with Crippen LogP contribution in [0.4, 0.5) is 0 Å². The van der Waals surface area contributed by atoms with E-state index < -0.39 is 11.9 Å². The topological polar surface area (TPSA) is 100.0 Å². The van der Waals surface area contributed by atoms with Gasteiger partial charge >= 0.3 is 11.9 Å². The SMILES string of the molecule is COc1c(C)cnc(CN(CC(=O)O)CC(=O)O)c1C. The lowest BCUT2D eigenvalue weighted by molar-refractivity contribution is -0.142. The first-order valence-corrected chi connectivity index (χ1v) is 6.00. The lowest BCUT2D eigenvalue weighted by atomic mass is 10.1. The molecular weight excluding hydrogens is 264 g/mol. The van der Waals surface area contributed by atoms with Crippen molar-refractivity contribution in [1.29, 1.82) is 0 Å². The Morgan fingerprint density at radius 2 is 1.80 bits per heavy atom. The van der Waals surface area contributed by atoms with Crippen molar-refractivity contribution in [2.75, 3.05) is 20.2 Å². The van der Waals surface area contributed by atoms with Gasteiger partial charge in [-0.1, -0.05) is 0 Å². The number of rotatable bonds is 7. The molecule has 0 unspecified atom stereocenters. The van der Waals surface area contributed by atoms with Crippen LogP contribution in [0.15, 0.2) is 6.20 Å². The van der Waals surface area contributed by atoms with Crippen molar-refractivity contribution in [2.24, 2.45) is 0 Å². The van der Waals surface area contributed by atoms with E-state index in [1.54, 1.807) is 13.3 Å². The van der Waals surface area contributed by atoms with Crippen LogP contribution in [0.1, 0.15) is 16.8 Å². The van der Waals surface area contributed by atoms with Gasteiger partial charge < -0.3 is 14.9 Å². The maximum atomic E-state index is 10.8. The zero-order valence-corrected chi connectivity index (χ0v) is 11.7. The van der Waals surface area contributed by atoms with Crippen molar-refractivity contribution in [2.45, 2.75) is 20.4 Å². The first kappa shape index (κ1) is 15.9. The summed E-state index contributed by atoms with van der Waals surface area (Å²) in [5.41, 5.74) is 2.26. The first-order chi connectivity index (χ1) is 9.35. The standard InChI is InChI=1S/C13H18N2O5/c1-8-4-14-10(9(2)13(8)20-3)5-15(6-11(16)17)7-12(18)19/h4H,5-7H2,1-3H3,(H,16,17)(H,18,19). The fourth-order valence-electron chi connectivity index (χ4n) is 1.99. The number of carboxylic acid groups (broad SMARTS) is 2. The third-order valence-electron chi connectivity index (χ3n) is 2.84. The average molecular weight is 282 g/mol. The second-order valence-electron chi connectivity index (χ2n) is 4.48. The van der Waals surface area contributed by atoms with Crippen molar-refractivity contribution in [3.8, 4) is 5.75 Å². The molecule has 0 saturated carbocycles. The summed E-state index contributed by atoms with van der Waals surface area (Å²) in [7, 11) is 1.55. The number of hydrogen-bond acceptors (Lipinski definition) is 5. The van der Waals surface area contributed by atoms with E-state index in [0.717, 1.165) is 11.1 Å². The lowest BCUT2D eigenvalue weighted by Gasteiger charge is -2.20. The van der Waals surface area contributed by atoms with Gasteiger partial charge in [-0.2, -0.15) is 0 Å². The van der Waals surface area contributed by atoms with E-state index in [9.17, 15) is 9.59 Å². The van der Waals surface area contributed by atoms with Gasteiger partial charge in [0.1, 0.15) is 5.75 Å². The van der Waals surface area contributed by atoms with E-state index in [1.807, 2.05) is 13.8 Å². The molecule has 0 bridgehead atoms. The predicted molar refractivity (Wildman–Crippen MR) is 70.8 cm³/mol. The Balaban J connectivity index is 2.98. The van der Waals surface area contributed by atoms with Gasteiger partial charge in [-0.15, -0.1) is 0 Å². The van der Waals surface area contributed by atoms with Gasteiger partial charge in [-0.05, 0) is 13.8 Å². The molecule has 1 aromatic heterocycles. The Kier molecular flexibility index (Phi) is 5.45. The monoisotopic (exact) mass is 282 g/mol. The number of aryl methyl sites for hydroxylation is 1. The summed E-state index contributed by atoms with van der Waals surface area (Å²) in [4.78, 5) is 27.1. The number of methoxy groups -OCH3 is 1. The molecule has 0 aliphatic carbocycles. The van der Waals surface area contributed by atoms with Crippen LogP contribution in [-0.4, -0.2) is 52.2 Å². The molecule has 0 saturated heterocycles. The quantitative estimate of drug-likeness (QED) is 0.758. The van der Waals surface area contributed by atoms with Gasteiger partial charge in [-0.25, -0.2) is 0 Å². The minimum Gasteiger partial charge on any atom is -0.496 e. The third kappa shape index (κ3) is 4.20. The summed E-state index contributed by atoms with van der Waals surface area (Å²) >= 11 is 0. The van der Waals surface area contributed by atoms with Gasteiger partial charge in [0.25, 0.3) is 0 Å². The molecule has 7 nitrogen and oxygen atoms in total. The molecule has 0 amide bonds. The van der Waals surface area contributed by atoms with Gasteiger partial charge in [0.05, 0.1) is 25.9 Å². The number of carbonyl (C=O) groups is 2. The largest absolute Gasteiger partial charge is 0.496 e. The number of carboxylic acids is 2. The molecule has 0 radical (unpaired) electrons. The van der Waals surface area contributed by atoms with Crippen LogP contribution < -0.4 is 4.74 Å². The van der Waals surface area contributed by atoms with Gasteiger partial charge in [-0.3, -0.25) is 19.5 Å². The molecular formula is C13H18N2O5. The van der Waals surface area contributed by atoms with E-state index in [4.69, 9.17) is 14.9 Å². The Morgan fingerprint density at radius 1 is 1.25 bits per heavy atom. The van der Waals surface area contributed by atoms with Crippen LogP contribution >= 0.6 is 0 Å². The summed E-state index contributed by atoms with van der Waals surface area (Å²) in [6.45, 7) is 3.09. The highest BCUT2D eigenvalue weighted by Gasteiger charge is 2.17. The molecule has 0 atom stereocenters. The highest BCUT2D eigenvalue weighted by molar-refractivity contribution is 5.72. The van der Waals surface area contributed by atoms with Crippen LogP contribution in [0.5, 0.6) is 5.75 Å². The van der Waals surface area contributed by atoms with Gasteiger partial charge in [0.2, 0.25) is 0 Å². The summed E-state index contributed by atoms with van der Waals surface area (Å²) in [5.74, 6) is -1.48. The van der Waals surface area contributed by atoms with E-state index in [0.29, 0.717) is 11.4 Å². The van der Waals surface area contributed by atoms with Crippen molar-refractivity contribution >= 4 is 11.9 Å². The van der Waals surface area contributed by atoms with E-state index in [2.05, 4.69) is 4.98 Å². The smallest absolute Gasteiger partial charge is 0.317 e. The average Bonchev–Trinajstić information content (AvgIpc) is 2.32. The van der Waals surface area contributed by atoms with E-state index in [-0.39, 0.29) is 19.6 Å². The summed E-state index contributed by atoms with van der Waals surface area (Å²) < 4.78 is 5.27. The Hall–Kier alpha value is -2.15. The van der Waals surface area contributed by atoms with Crippen molar-refractivity contribution in [3.05, 3.63) is 23.0 Å². The molecule has 0 fully saturated rings. The minimum absolute atomic E-state index is 0.140. The number of ether oxygens (including phenoxy) is 1. The van der Waals surface area contributed by atoms with Crippen molar-refractivity contribution in [1.82, 2.24) is 9.88 Å². The number of aromatic nitrogens is 1. The molecule has 7 heteroatoms. The molecule has 0 spiro atoms. The number of aliphatic carboxylic acids is 2. The molecule has 0 aliphatic heterocycles. The molecule has 0 aliphatic rings. The minimum atomic E-state index is -1.08. The van der Waals surface area contributed by atoms with Crippen LogP contribution in [-0.2, 0) is 16.1 Å². The van der Waals surface area contributed by atoms with Crippen molar-refractivity contribution in [3.63, 3.8) is 0 Å². The molecule has 1 aromatic rings. The summed E-state index contributed by atoms with van der Waals surface area (Å²) in [5, 5.41) is 17.6. The molecule has 1 rings (SSSR count). The third-order valence-corrected chi connectivity index (χ3v) is 2.84. The normalized spacial score (nSPS) is 10.6. The molecule has 20 heavy (non-hydrogen) atoms. The second kappa shape index (κ2) is 6.85. The second-order valence-corrected chi connectivity index (χ2v) is 4.48. The zero-order valence-electron chi connectivity index (χ0n) is 11.7. The fraction of sp³-hybridized carbons (Fsp3) is 0.462. The van der Waals surface area contributed by atoms with Gasteiger partial charge in [0, 0.05) is 23.9 Å². The van der Waals surface area contributed by atoms with Crippen LogP contribution in [0.25, 0.3) is 0 Å². The van der Waals surface area contributed by atoms with E-state index in [1.165, 1.54) is 4.90 Å². The Bertz CT molecular complexity index is 500. The maximum absolute atomic E-state index is 10.8. The Morgan fingerprint density at radius 3 is 2.25 bits per heavy atom. The summed E-state index contributed by atoms with van der Waals surface area (Å²) in [6, 6.07) is 0. The molecule has 0 aromatic carbocycles. The number of pyridine rings is 1. The number of nitrogens with zero attached hydrogens (tertiary/aromatic N) is 2. The highest BCUT2D eigenvalue weighted by atomic mass is 16.5. The molecule has 110 valence electrons. The van der Waals surface area contributed by atoms with Gasteiger partial charge in [0.15, 0.2) is 0 Å². The van der Waals surface area contributed by atoms with Crippen LogP contribution in [0.3, 0.4) is 0 Å². The van der Waals surface area contributed by atoms with E-state index >= 15 is 0 Å². The van der Waals surface area contributed by atoms with Crippen molar-refractivity contribution < 1.29 is 24.5 Å². The molecule has 2 N–H and O–H groups in total. The summed E-state index contributed by atoms with van der Waals surface area (Å²) in [6.07, 6.45) is 1.63. The first-order valence-electron chi connectivity index (χ1n) is 6.00. The van der Waals surface area contributed by atoms with Crippen LogP contribution in [0.2, 0.25) is 0 Å². The lowest BCUT2D eigenvalue weighted by Crippen LogP contribution is -2.34. The molecule has 1 heterocycles. The van der Waals surface area contributed by atoms with Crippen LogP contribution in [0, 0.1) is 13.8 Å². The predicted octanol–water partition coefficient (Wildman–Crippen LogP) is 0.678.